The minimum Gasteiger partial charge on any atom is -0.350 e. The van der Waals surface area contributed by atoms with E-state index in [4.69, 9.17) is 5.21 Å². The van der Waals surface area contributed by atoms with Crippen molar-refractivity contribution < 1.29 is 19.6 Å². The topological polar surface area (TPSA) is 98.7 Å². The Morgan fingerprint density at radius 1 is 0.892 bits per heavy atom. The van der Waals surface area contributed by atoms with Crippen LogP contribution < -0.4 is 15.7 Å². The van der Waals surface area contributed by atoms with Crippen LogP contribution in [0.5, 0.6) is 0 Å². The van der Waals surface area contributed by atoms with Crippen LogP contribution in [-0.2, 0) is 20.9 Å². The van der Waals surface area contributed by atoms with E-state index < -0.39 is 11.9 Å². The summed E-state index contributed by atoms with van der Waals surface area (Å²) in [7, 11) is 0. The second-order valence-corrected chi connectivity index (χ2v) is 8.40. The molecule has 7 nitrogen and oxygen atoms in total. The first-order chi connectivity index (χ1) is 18.1. The highest BCUT2D eigenvalue weighted by molar-refractivity contribution is 5.98. The fourth-order valence-corrected chi connectivity index (χ4v) is 4.28. The van der Waals surface area contributed by atoms with Gasteiger partial charge in [-0.25, -0.2) is 5.48 Å². The molecule has 0 saturated carbocycles. The predicted molar refractivity (Wildman–Crippen MR) is 144 cm³/mol. The van der Waals surface area contributed by atoms with Gasteiger partial charge < -0.3 is 15.0 Å². The maximum Gasteiger partial charge on any atom is 0.267 e. The van der Waals surface area contributed by atoms with Gasteiger partial charge >= 0.3 is 0 Å². The number of hydroxylamine groups is 1. The average molecular weight is 494 g/mol. The zero-order valence-corrected chi connectivity index (χ0v) is 20.1. The highest BCUT2D eigenvalue weighted by atomic mass is 16.5. The van der Waals surface area contributed by atoms with Crippen molar-refractivity contribution in [3.8, 4) is 0 Å². The molecule has 0 saturated heterocycles. The Morgan fingerprint density at radius 2 is 1.62 bits per heavy atom. The minimum atomic E-state index is -0.834. The van der Waals surface area contributed by atoms with Crippen molar-refractivity contribution in [1.29, 1.82) is 0 Å². The summed E-state index contributed by atoms with van der Waals surface area (Å²) in [5, 5.41) is 13.7. The molecule has 4 aromatic rings. The summed E-state index contributed by atoms with van der Waals surface area (Å²) in [4.78, 5) is 38.9. The molecule has 4 aromatic carbocycles. The molecule has 37 heavy (non-hydrogen) atoms. The van der Waals surface area contributed by atoms with Crippen LogP contribution in [0.3, 0.4) is 0 Å². The number of fused-ring (bicyclic) bond motifs is 1. The summed E-state index contributed by atoms with van der Waals surface area (Å²) in [6.07, 6.45) is 3.52. The zero-order chi connectivity index (χ0) is 26.0. The van der Waals surface area contributed by atoms with Gasteiger partial charge in [-0.15, -0.1) is 0 Å². The van der Waals surface area contributed by atoms with Gasteiger partial charge in [0.1, 0.15) is 12.3 Å². The van der Waals surface area contributed by atoms with Crippen molar-refractivity contribution in [2.45, 2.75) is 12.6 Å². The second-order valence-electron chi connectivity index (χ2n) is 8.40. The van der Waals surface area contributed by atoms with Gasteiger partial charge in [0.25, 0.3) is 5.91 Å². The quantitative estimate of drug-likeness (QED) is 0.131. The molecule has 0 bridgehead atoms. The number of carbonyl (C=O) groups is 3. The van der Waals surface area contributed by atoms with Crippen molar-refractivity contribution >= 4 is 40.6 Å². The van der Waals surface area contributed by atoms with E-state index in [0.717, 1.165) is 28.3 Å². The van der Waals surface area contributed by atoms with Crippen LogP contribution in [0.1, 0.15) is 22.7 Å². The van der Waals surface area contributed by atoms with Crippen LogP contribution in [0.25, 0.3) is 16.8 Å². The molecule has 1 unspecified atom stereocenters. The molecule has 1 atom stereocenters. The van der Waals surface area contributed by atoms with Gasteiger partial charge in [0.05, 0.1) is 6.54 Å². The van der Waals surface area contributed by atoms with Crippen LogP contribution in [0.15, 0.2) is 103 Å². The van der Waals surface area contributed by atoms with Crippen molar-refractivity contribution in [2.24, 2.45) is 0 Å². The lowest BCUT2D eigenvalue weighted by atomic mass is 9.99. The minimum absolute atomic E-state index is 0.00951. The number of carbonyl (C=O) groups excluding carboxylic acids is 3. The third-order valence-electron chi connectivity index (χ3n) is 5.98. The number of rotatable bonds is 10. The van der Waals surface area contributed by atoms with Crippen molar-refractivity contribution in [1.82, 2.24) is 10.8 Å². The Labute approximate surface area is 215 Å². The number of nitrogens with one attached hydrogen (secondary N) is 2. The summed E-state index contributed by atoms with van der Waals surface area (Å²) in [5.74, 6) is -0.936. The summed E-state index contributed by atoms with van der Waals surface area (Å²) in [6, 6.07) is 29.5. The Hall–Kier alpha value is -4.75. The van der Waals surface area contributed by atoms with Crippen LogP contribution in [-0.4, -0.2) is 29.9 Å². The van der Waals surface area contributed by atoms with E-state index in [1.165, 1.54) is 12.2 Å². The molecule has 0 aliphatic heterocycles. The molecule has 0 aliphatic rings. The maximum absolute atomic E-state index is 13.8. The highest BCUT2D eigenvalue weighted by Crippen LogP contribution is 2.33. The maximum atomic E-state index is 13.8. The van der Waals surface area contributed by atoms with Crippen molar-refractivity contribution in [3.63, 3.8) is 0 Å². The first kappa shape index (κ1) is 25.3. The fourth-order valence-electron chi connectivity index (χ4n) is 4.28. The molecule has 0 heterocycles. The average Bonchev–Trinajstić information content (AvgIpc) is 2.95. The van der Waals surface area contributed by atoms with Gasteiger partial charge in [0, 0.05) is 23.7 Å². The molecule has 186 valence electrons. The number of anilines is 1. The molecular formula is C30H27N3O4. The van der Waals surface area contributed by atoms with Gasteiger partial charge in [-0.1, -0.05) is 84.9 Å². The number of aldehydes is 1. The smallest absolute Gasteiger partial charge is 0.267 e. The first-order valence-electron chi connectivity index (χ1n) is 11.8. The number of benzene rings is 4. The van der Waals surface area contributed by atoms with Crippen LogP contribution in [0, 0.1) is 0 Å². The van der Waals surface area contributed by atoms with Crippen LogP contribution in [0.4, 0.5) is 5.69 Å². The lowest BCUT2D eigenvalue weighted by Crippen LogP contribution is -2.41. The van der Waals surface area contributed by atoms with E-state index in [0.29, 0.717) is 17.7 Å². The summed E-state index contributed by atoms with van der Waals surface area (Å²) in [6.45, 7) is 0.321. The standard InChI is InChI=1S/C30H27N3O4/c34-19-18-33(27-15-7-12-24-11-4-5-14-26(24)27)29(30(36)31-21-23-8-2-1-3-9-23)25-13-6-10-22(20-25)16-17-28(35)32-37/h1-17,19-20,29,37H,18,21H2,(H,31,36)(H,32,35)/b17-16+. The number of amides is 2. The third-order valence-corrected chi connectivity index (χ3v) is 5.98. The molecule has 7 heteroatoms. The molecule has 4 rings (SSSR count). The molecule has 0 radical (unpaired) electrons. The van der Waals surface area contributed by atoms with Crippen LogP contribution >= 0.6 is 0 Å². The summed E-state index contributed by atoms with van der Waals surface area (Å²) >= 11 is 0. The Morgan fingerprint density at radius 3 is 2.41 bits per heavy atom. The molecule has 0 aliphatic carbocycles. The van der Waals surface area contributed by atoms with E-state index in [2.05, 4.69) is 5.32 Å². The molecule has 3 N–H and O–H groups in total. The van der Waals surface area contributed by atoms with Crippen molar-refractivity contribution in [3.05, 3.63) is 120 Å². The van der Waals surface area contributed by atoms with Gasteiger partial charge in [-0.3, -0.25) is 14.8 Å². The van der Waals surface area contributed by atoms with Gasteiger partial charge in [0.15, 0.2) is 0 Å². The Kier molecular flexibility index (Phi) is 8.41. The van der Waals surface area contributed by atoms with Crippen LogP contribution in [0.2, 0.25) is 0 Å². The fraction of sp³-hybridized carbons (Fsp3) is 0.100. The predicted octanol–water partition coefficient (Wildman–Crippen LogP) is 4.42. The van der Waals surface area contributed by atoms with E-state index in [-0.39, 0.29) is 12.5 Å². The molecular weight excluding hydrogens is 466 g/mol. The van der Waals surface area contributed by atoms with Gasteiger partial charge in [-0.2, -0.15) is 0 Å². The lowest BCUT2D eigenvalue weighted by molar-refractivity contribution is -0.124. The van der Waals surface area contributed by atoms with E-state index in [1.807, 2.05) is 78.9 Å². The Balaban J connectivity index is 1.78. The van der Waals surface area contributed by atoms with E-state index >= 15 is 0 Å². The molecule has 0 aromatic heterocycles. The largest absolute Gasteiger partial charge is 0.350 e. The normalized spacial score (nSPS) is 11.7. The monoisotopic (exact) mass is 493 g/mol. The van der Waals surface area contributed by atoms with Crippen molar-refractivity contribution in [2.75, 3.05) is 11.4 Å². The second kappa shape index (κ2) is 12.3. The molecule has 0 spiro atoms. The molecule has 0 fully saturated rings. The number of nitrogens with zero attached hydrogens (tertiary/aromatic N) is 1. The van der Waals surface area contributed by atoms with Gasteiger partial charge in [0.2, 0.25) is 5.91 Å². The van der Waals surface area contributed by atoms with E-state index in [9.17, 15) is 14.4 Å². The zero-order valence-electron chi connectivity index (χ0n) is 20.1. The highest BCUT2D eigenvalue weighted by Gasteiger charge is 2.29. The number of hydrogen-bond donors (Lipinski definition) is 3. The first-order valence-corrected chi connectivity index (χ1v) is 11.8. The summed E-state index contributed by atoms with van der Waals surface area (Å²) < 4.78 is 0. The number of hydrogen-bond acceptors (Lipinski definition) is 5. The SMILES string of the molecule is O=CCN(c1cccc2ccccc12)C(C(=O)NCc1ccccc1)c1cccc(/C=C/C(=O)NO)c1. The summed E-state index contributed by atoms with van der Waals surface area (Å²) in [5.41, 5.74) is 4.57. The third kappa shape index (κ3) is 6.28. The lowest BCUT2D eigenvalue weighted by Gasteiger charge is -2.33. The van der Waals surface area contributed by atoms with E-state index in [1.54, 1.807) is 28.6 Å². The molecule has 2 amide bonds. The van der Waals surface area contributed by atoms with Gasteiger partial charge in [-0.05, 0) is 40.3 Å². The Bertz CT molecular complexity index is 1410.